The van der Waals surface area contributed by atoms with E-state index in [9.17, 15) is 23.2 Å². The molecule has 1 aromatic carbocycles. The number of oxazole rings is 1. The number of benzene rings is 1. The highest BCUT2D eigenvalue weighted by atomic mass is 35.5. The van der Waals surface area contributed by atoms with E-state index in [0.717, 1.165) is 0 Å². The van der Waals surface area contributed by atoms with Gasteiger partial charge in [-0.25, -0.2) is 13.8 Å². The normalized spacial score (nSPS) is 13.4. The van der Waals surface area contributed by atoms with E-state index in [1.807, 2.05) is 0 Å². The van der Waals surface area contributed by atoms with Gasteiger partial charge in [-0.1, -0.05) is 11.6 Å². The van der Waals surface area contributed by atoms with Crippen molar-refractivity contribution in [3.05, 3.63) is 63.5 Å². The molecule has 1 fully saturated rings. The van der Waals surface area contributed by atoms with Crippen LogP contribution >= 0.6 is 11.6 Å². The molecule has 0 radical (unpaired) electrons. The summed E-state index contributed by atoms with van der Waals surface area (Å²) >= 11 is 5.81. The number of morpholine rings is 1. The van der Waals surface area contributed by atoms with E-state index in [2.05, 4.69) is 25.8 Å². The van der Waals surface area contributed by atoms with Gasteiger partial charge in [0, 0.05) is 19.2 Å². The molecular formula is C23H23ClF2N6O6. The average molecular weight is 553 g/mol. The van der Waals surface area contributed by atoms with Crippen molar-refractivity contribution in [1.29, 1.82) is 0 Å². The number of carbonyl (C=O) groups is 3. The van der Waals surface area contributed by atoms with Gasteiger partial charge in [-0.3, -0.25) is 19.5 Å². The summed E-state index contributed by atoms with van der Waals surface area (Å²) in [6, 6.07) is 2.60. The van der Waals surface area contributed by atoms with Crippen molar-refractivity contribution in [2.45, 2.75) is 20.1 Å². The molecule has 3 aromatic rings. The van der Waals surface area contributed by atoms with Gasteiger partial charge in [0.2, 0.25) is 11.8 Å². The molecule has 0 aliphatic carbocycles. The third-order valence-corrected chi connectivity index (χ3v) is 5.79. The molecule has 1 aliphatic rings. The molecule has 0 spiro atoms. The topological polar surface area (TPSA) is 152 Å². The zero-order chi connectivity index (χ0) is 27.2. The van der Waals surface area contributed by atoms with Gasteiger partial charge in [0.25, 0.3) is 11.8 Å². The Kier molecular flexibility index (Phi) is 8.66. The second-order valence-electron chi connectivity index (χ2n) is 8.15. The lowest BCUT2D eigenvalue weighted by Gasteiger charge is -2.26. The maximum absolute atomic E-state index is 13.5. The lowest BCUT2D eigenvalue weighted by atomic mass is 10.2. The largest absolute Gasteiger partial charge is 0.441 e. The number of H-pyrrole nitrogens is 1. The number of halogens is 3. The molecule has 1 aliphatic heterocycles. The van der Waals surface area contributed by atoms with Crippen LogP contribution in [-0.2, 0) is 27.4 Å². The highest BCUT2D eigenvalue weighted by Crippen LogP contribution is 2.21. The van der Waals surface area contributed by atoms with Crippen LogP contribution in [0.5, 0.6) is 0 Å². The first-order valence-electron chi connectivity index (χ1n) is 11.4. The highest BCUT2D eigenvalue weighted by Gasteiger charge is 2.19. The van der Waals surface area contributed by atoms with E-state index < -0.39 is 23.4 Å². The molecule has 202 valence electrons. The Balaban J connectivity index is 1.26. The monoisotopic (exact) mass is 552 g/mol. The van der Waals surface area contributed by atoms with Crippen molar-refractivity contribution in [2.24, 2.45) is 0 Å². The lowest BCUT2D eigenvalue weighted by Crippen LogP contribution is -2.42. The third-order valence-electron chi connectivity index (χ3n) is 5.47. The number of aromatic amines is 1. The average Bonchev–Trinajstić information content (AvgIpc) is 3.51. The van der Waals surface area contributed by atoms with E-state index >= 15 is 0 Å². The Labute approximate surface area is 219 Å². The van der Waals surface area contributed by atoms with Crippen LogP contribution in [0.1, 0.15) is 38.2 Å². The van der Waals surface area contributed by atoms with Crippen LogP contribution in [0.15, 0.2) is 22.6 Å². The van der Waals surface area contributed by atoms with Gasteiger partial charge in [0.15, 0.2) is 17.3 Å². The van der Waals surface area contributed by atoms with Crippen LogP contribution < -0.4 is 10.6 Å². The summed E-state index contributed by atoms with van der Waals surface area (Å²) in [6.45, 7) is 3.60. The van der Waals surface area contributed by atoms with Crippen molar-refractivity contribution in [3.63, 3.8) is 0 Å². The second-order valence-corrected chi connectivity index (χ2v) is 8.56. The Morgan fingerprint density at radius 3 is 2.66 bits per heavy atom. The van der Waals surface area contributed by atoms with Gasteiger partial charge in [-0.2, -0.15) is 5.10 Å². The Hall–Kier alpha value is -3.88. The third kappa shape index (κ3) is 6.70. The summed E-state index contributed by atoms with van der Waals surface area (Å²) in [5.74, 6) is -3.32. The minimum absolute atomic E-state index is 0.0105. The highest BCUT2D eigenvalue weighted by molar-refractivity contribution is 6.34. The fraction of sp³-hybridized carbons (Fsp3) is 0.348. The Bertz CT molecular complexity index is 1340. The first-order chi connectivity index (χ1) is 18.2. The minimum Gasteiger partial charge on any atom is -0.441 e. The molecule has 0 atom stereocenters. The molecule has 0 saturated carbocycles. The quantitative estimate of drug-likeness (QED) is 0.342. The van der Waals surface area contributed by atoms with Crippen LogP contribution in [-0.4, -0.2) is 70.7 Å². The number of aromatic nitrogens is 3. The Morgan fingerprint density at radius 1 is 1.16 bits per heavy atom. The zero-order valence-electron chi connectivity index (χ0n) is 20.1. The minimum atomic E-state index is -1.23. The number of rotatable bonds is 9. The molecule has 0 bridgehead atoms. The molecule has 2 aromatic heterocycles. The number of carbonyl (C=O) groups excluding carboxylic acids is 3. The predicted molar refractivity (Wildman–Crippen MR) is 127 cm³/mol. The summed E-state index contributed by atoms with van der Waals surface area (Å²) in [5.41, 5.74) is 0.179. The smallest absolute Gasteiger partial charge is 0.272 e. The zero-order valence-corrected chi connectivity index (χ0v) is 20.9. The Morgan fingerprint density at radius 2 is 1.89 bits per heavy atom. The molecule has 3 heterocycles. The van der Waals surface area contributed by atoms with Crippen molar-refractivity contribution in [2.75, 3.05) is 38.2 Å². The number of nitrogens with one attached hydrogen (secondary N) is 3. The van der Waals surface area contributed by atoms with Crippen LogP contribution in [0.25, 0.3) is 0 Å². The van der Waals surface area contributed by atoms with Crippen LogP contribution in [0.4, 0.5) is 14.6 Å². The SMILES string of the molecule is Cc1nc(COCC(=O)N2CCOCC2)oc1CNC(=O)c1cc(NC(=O)c2cc(F)c(F)cc2Cl)[nH]n1. The molecule has 4 rings (SSSR count). The molecule has 38 heavy (non-hydrogen) atoms. The van der Waals surface area contributed by atoms with Gasteiger partial charge >= 0.3 is 0 Å². The van der Waals surface area contributed by atoms with Crippen molar-refractivity contribution in [3.8, 4) is 0 Å². The van der Waals surface area contributed by atoms with E-state index in [0.29, 0.717) is 49.9 Å². The number of hydrogen-bond donors (Lipinski definition) is 3. The summed E-state index contributed by atoms with van der Waals surface area (Å²) < 4.78 is 42.9. The number of hydrogen-bond acceptors (Lipinski definition) is 8. The van der Waals surface area contributed by atoms with Gasteiger partial charge in [-0.15, -0.1) is 0 Å². The van der Waals surface area contributed by atoms with Gasteiger partial charge in [0.05, 0.1) is 36.0 Å². The maximum atomic E-state index is 13.5. The molecule has 3 N–H and O–H groups in total. The number of aryl methyl sites for hydroxylation is 1. The van der Waals surface area contributed by atoms with Crippen molar-refractivity contribution >= 4 is 35.1 Å². The van der Waals surface area contributed by atoms with E-state index in [-0.39, 0.29) is 53.7 Å². The van der Waals surface area contributed by atoms with Crippen LogP contribution in [0.2, 0.25) is 5.02 Å². The fourth-order valence-electron chi connectivity index (χ4n) is 3.48. The second kappa shape index (κ2) is 12.1. The van der Waals surface area contributed by atoms with E-state index in [4.69, 9.17) is 25.5 Å². The van der Waals surface area contributed by atoms with E-state index in [1.54, 1.807) is 11.8 Å². The van der Waals surface area contributed by atoms with Gasteiger partial charge < -0.3 is 29.4 Å². The van der Waals surface area contributed by atoms with Gasteiger partial charge in [-0.05, 0) is 19.1 Å². The lowest BCUT2D eigenvalue weighted by molar-refractivity contribution is -0.140. The summed E-state index contributed by atoms with van der Waals surface area (Å²) in [5, 5.41) is 11.0. The molecule has 1 saturated heterocycles. The van der Waals surface area contributed by atoms with Crippen LogP contribution in [0.3, 0.4) is 0 Å². The number of amides is 3. The molecule has 12 nitrogen and oxygen atoms in total. The van der Waals surface area contributed by atoms with Crippen LogP contribution in [0, 0.1) is 18.6 Å². The fourth-order valence-corrected chi connectivity index (χ4v) is 3.72. The summed E-state index contributed by atoms with van der Waals surface area (Å²) in [4.78, 5) is 42.8. The number of nitrogens with zero attached hydrogens (tertiary/aromatic N) is 3. The molecule has 3 amide bonds. The first kappa shape index (κ1) is 27.2. The van der Waals surface area contributed by atoms with Crippen molar-refractivity contribution < 1.29 is 37.1 Å². The molecule has 0 unspecified atom stereocenters. The van der Waals surface area contributed by atoms with Crippen molar-refractivity contribution in [1.82, 2.24) is 25.4 Å². The number of anilines is 1. The van der Waals surface area contributed by atoms with E-state index in [1.165, 1.54) is 6.07 Å². The first-order valence-corrected chi connectivity index (χ1v) is 11.8. The summed E-state index contributed by atoms with van der Waals surface area (Å²) in [7, 11) is 0. The molecule has 15 heteroatoms. The standard InChI is InChI=1S/C23H23ClF2N6O6/c1-12-18(38-20(28-12)10-37-11-21(33)32-2-4-36-5-3-32)9-27-23(35)17-8-19(31-30-17)29-22(34)13-6-15(25)16(26)7-14(13)24/h6-8H,2-5,9-11H2,1H3,(H,27,35)(H2,29,30,31,34). The predicted octanol–water partition coefficient (Wildman–Crippen LogP) is 2.20. The van der Waals surface area contributed by atoms with Gasteiger partial charge in [0.1, 0.15) is 24.8 Å². The number of ether oxygens (including phenoxy) is 2. The maximum Gasteiger partial charge on any atom is 0.272 e. The summed E-state index contributed by atoms with van der Waals surface area (Å²) in [6.07, 6.45) is 0. The molecular weight excluding hydrogens is 530 g/mol.